The van der Waals surface area contributed by atoms with Crippen molar-refractivity contribution in [2.45, 2.75) is 25.9 Å². The number of tetrazole rings is 1. The fourth-order valence-corrected chi connectivity index (χ4v) is 1.25. The van der Waals surface area contributed by atoms with Gasteiger partial charge in [-0.2, -0.15) is 0 Å². The quantitative estimate of drug-likeness (QED) is 0.634. The first-order valence-corrected chi connectivity index (χ1v) is 3.79. The molecule has 1 heterocycles. The van der Waals surface area contributed by atoms with E-state index in [1.54, 1.807) is 0 Å². The van der Waals surface area contributed by atoms with Crippen molar-refractivity contribution in [2.24, 2.45) is 11.7 Å². The van der Waals surface area contributed by atoms with Gasteiger partial charge in [0.15, 0.2) is 5.82 Å². The Morgan fingerprint density at radius 1 is 1.73 bits per heavy atom. The van der Waals surface area contributed by atoms with Gasteiger partial charge in [0, 0.05) is 0 Å². The van der Waals surface area contributed by atoms with Gasteiger partial charge in [0.25, 0.3) is 0 Å². The van der Waals surface area contributed by atoms with Crippen molar-refractivity contribution >= 4 is 0 Å². The van der Waals surface area contributed by atoms with Crippen LogP contribution in [-0.2, 0) is 6.54 Å². The summed E-state index contributed by atoms with van der Waals surface area (Å²) >= 11 is 0. The smallest absolute Gasteiger partial charge is 0.165 e. The number of nitrogens with zero attached hydrogens (tertiary/aromatic N) is 4. The Labute approximate surface area is 64.6 Å². The molecule has 0 aromatic carbocycles. The summed E-state index contributed by atoms with van der Waals surface area (Å²) in [5.74, 6) is 1.50. The third-order valence-corrected chi connectivity index (χ3v) is 2.12. The van der Waals surface area contributed by atoms with Crippen molar-refractivity contribution in [1.29, 1.82) is 0 Å². The Bertz CT molecular complexity index is 255. The molecule has 1 aromatic rings. The van der Waals surface area contributed by atoms with Gasteiger partial charge >= 0.3 is 0 Å². The summed E-state index contributed by atoms with van der Waals surface area (Å²) in [5, 5.41) is 11.3. The molecule has 1 aliphatic rings. The van der Waals surface area contributed by atoms with Gasteiger partial charge in [0.2, 0.25) is 0 Å². The van der Waals surface area contributed by atoms with Gasteiger partial charge in [-0.15, -0.1) is 5.10 Å². The molecule has 1 aromatic heterocycles. The summed E-state index contributed by atoms with van der Waals surface area (Å²) in [6.07, 6.45) is 1.18. The van der Waals surface area contributed by atoms with Crippen molar-refractivity contribution in [3.8, 4) is 0 Å². The average molecular weight is 153 g/mol. The van der Waals surface area contributed by atoms with E-state index in [-0.39, 0.29) is 0 Å². The lowest BCUT2D eigenvalue weighted by atomic mass is 10.5. The van der Waals surface area contributed by atoms with Crippen LogP contribution in [0, 0.1) is 5.92 Å². The van der Waals surface area contributed by atoms with Gasteiger partial charge in [0.1, 0.15) is 0 Å². The maximum atomic E-state index is 5.44. The lowest BCUT2D eigenvalue weighted by Crippen LogP contribution is -2.09. The van der Waals surface area contributed by atoms with Crippen LogP contribution in [0.4, 0.5) is 0 Å². The Morgan fingerprint density at radius 2 is 2.45 bits per heavy atom. The molecule has 5 heteroatoms. The highest BCUT2D eigenvalue weighted by atomic mass is 15.6. The first kappa shape index (κ1) is 6.72. The maximum absolute atomic E-state index is 5.44. The fraction of sp³-hybridized carbons (Fsp3) is 0.833. The van der Waals surface area contributed by atoms with Gasteiger partial charge < -0.3 is 5.73 Å². The molecule has 0 bridgehead atoms. The highest BCUT2D eigenvalue weighted by molar-refractivity contribution is 4.93. The van der Waals surface area contributed by atoms with Crippen LogP contribution in [0.2, 0.25) is 0 Å². The molecule has 2 N–H and O–H groups in total. The van der Waals surface area contributed by atoms with Crippen LogP contribution in [-0.4, -0.2) is 20.2 Å². The summed E-state index contributed by atoms with van der Waals surface area (Å²) in [7, 11) is 0. The zero-order valence-corrected chi connectivity index (χ0v) is 6.44. The molecule has 0 radical (unpaired) electrons. The average Bonchev–Trinajstić information content (AvgIpc) is 2.58. The molecule has 1 fully saturated rings. The molecule has 11 heavy (non-hydrogen) atoms. The topological polar surface area (TPSA) is 69.6 Å². The molecule has 0 saturated heterocycles. The van der Waals surface area contributed by atoms with E-state index in [2.05, 4.69) is 22.4 Å². The van der Waals surface area contributed by atoms with E-state index in [0.717, 1.165) is 5.82 Å². The zero-order chi connectivity index (χ0) is 7.84. The second-order valence-corrected chi connectivity index (χ2v) is 3.02. The molecular formula is C6H11N5. The minimum Gasteiger partial charge on any atom is -0.324 e. The van der Waals surface area contributed by atoms with E-state index in [9.17, 15) is 0 Å². The van der Waals surface area contributed by atoms with Crippen molar-refractivity contribution in [2.75, 3.05) is 0 Å². The normalized spacial score (nSPS) is 28.9. The third-order valence-electron chi connectivity index (χ3n) is 2.12. The Hall–Kier alpha value is -0.970. The third kappa shape index (κ3) is 1.01. The molecule has 2 atom stereocenters. The molecule has 5 nitrogen and oxygen atoms in total. The second kappa shape index (κ2) is 2.27. The molecule has 0 amide bonds. The highest BCUT2D eigenvalue weighted by Crippen LogP contribution is 2.42. The first-order valence-electron chi connectivity index (χ1n) is 3.79. The Morgan fingerprint density at radius 3 is 3.00 bits per heavy atom. The van der Waals surface area contributed by atoms with Crippen LogP contribution in [0.25, 0.3) is 0 Å². The zero-order valence-electron chi connectivity index (χ0n) is 6.44. The monoisotopic (exact) mass is 153 g/mol. The van der Waals surface area contributed by atoms with Crippen LogP contribution < -0.4 is 5.73 Å². The second-order valence-electron chi connectivity index (χ2n) is 3.02. The van der Waals surface area contributed by atoms with Crippen LogP contribution in [0.1, 0.15) is 25.2 Å². The number of hydrogen-bond donors (Lipinski definition) is 1. The summed E-state index contributed by atoms with van der Waals surface area (Å²) in [4.78, 5) is 0. The van der Waals surface area contributed by atoms with E-state index >= 15 is 0 Å². The predicted molar refractivity (Wildman–Crippen MR) is 38.5 cm³/mol. The van der Waals surface area contributed by atoms with E-state index < -0.39 is 0 Å². The fourth-order valence-electron chi connectivity index (χ4n) is 1.25. The van der Waals surface area contributed by atoms with E-state index in [1.807, 2.05) is 4.68 Å². The summed E-state index contributed by atoms with van der Waals surface area (Å²) in [6.45, 7) is 2.61. The van der Waals surface area contributed by atoms with E-state index in [1.165, 1.54) is 6.42 Å². The van der Waals surface area contributed by atoms with Crippen molar-refractivity contribution < 1.29 is 0 Å². The SMILES string of the molecule is CC1CC1n1nnnc1CN. The predicted octanol–water partition coefficient (Wildman–Crippen LogP) is -0.287. The van der Waals surface area contributed by atoms with Crippen molar-refractivity contribution in [3.63, 3.8) is 0 Å². The minimum absolute atomic E-state index is 0.427. The number of rotatable bonds is 2. The molecular weight excluding hydrogens is 142 g/mol. The van der Waals surface area contributed by atoms with Crippen LogP contribution in [0.5, 0.6) is 0 Å². The van der Waals surface area contributed by atoms with Crippen LogP contribution in [0.3, 0.4) is 0 Å². The summed E-state index contributed by atoms with van der Waals surface area (Å²) in [5.41, 5.74) is 5.44. The van der Waals surface area contributed by atoms with Crippen molar-refractivity contribution in [3.05, 3.63) is 5.82 Å². The number of aromatic nitrogens is 4. The number of hydrogen-bond acceptors (Lipinski definition) is 4. The van der Waals surface area contributed by atoms with E-state index in [0.29, 0.717) is 18.5 Å². The molecule has 1 aliphatic carbocycles. The minimum atomic E-state index is 0.427. The first-order chi connectivity index (χ1) is 5.33. The molecule has 60 valence electrons. The molecule has 1 saturated carbocycles. The van der Waals surface area contributed by atoms with E-state index in [4.69, 9.17) is 5.73 Å². The molecule has 2 rings (SSSR count). The number of nitrogens with two attached hydrogens (primary N) is 1. The lowest BCUT2D eigenvalue weighted by molar-refractivity contribution is 0.555. The van der Waals surface area contributed by atoms with Crippen molar-refractivity contribution in [1.82, 2.24) is 20.2 Å². The Kier molecular flexibility index (Phi) is 1.38. The Balaban J connectivity index is 2.23. The van der Waals surface area contributed by atoms with Crippen LogP contribution >= 0.6 is 0 Å². The standard InChI is InChI=1S/C6H11N5/c1-4-2-5(4)11-6(3-7)8-9-10-11/h4-5H,2-3,7H2,1H3. The molecule has 2 unspecified atom stereocenters. The van der Waals surface area contributed by atoms with Gasteiger partial charge in [0.05, 0.1) is 12.6 Å². The summed E-state index contributed by atoms with van der Waals surface area (Å²) in [6, 6.07) is 0.503. The maximum Gasteiger partial charge on any atom is 0.165 e. The van der Waals surface area contributed by atoms with Crippen LogP contribution in [0.15, 0.2) is 0 Å². The van der Waals surface area contributed by atoms with Gasteiger partial charge in [-0.05, 0) is 22.8 Å². The van der Waals surface area contributed by atoms with Gasteiger partial charge in [-0.3, -0.25) is 0 Å². The highest BCUT2D eigenvalue weighted by Gasteiger charge is 2.36. The largest absolute Gasteiger partial charge is 0.324 e. The lowest BCUT2D eigenvalue weighted by Gasteiger charge is -1.98. The summed E-state index contributed by atoms with van der Waals surface area (Å²) < 4.78 is 1.84. The van der Waals surface area contributed by atoms with Gasteiger partial charge in [-0.25, -0.2) is 4.68 Å². The van der Waals surface area contributed by atoms with Gasteiger partial charge in [-0.1, -0.05) is 6.92 Å². The molecule has 0 aliphatic heterocycles. The molecule has 0 spiro atoms.